The minimum absolute atomic E-state index is 0.367. The van der Waals surface area contributed by atoms with E-state index >= 15 is 0 Å². The van der Waals surface area contributed by atoms with Crippen molar-refractivity contribution in [1.82, 2.24) is 0 Å². The lowest BCUT2D eigenvalue weighted by molar-refractivity contribution is -0.146. The molecule has 0 spiro atoms. The fraction of sp³-hybridized carbons (Fsp3) is 0.562. The second-order valence-corrected chi connectivity index (χ2v) is 5.21. The third kappa shape index (κ3) is 5.21. The van der Waals surface area contributed by atoms with Crippen molar-refractivity contribution in [1.29, 1.82) is 0 Å². The minimum atomic E-state index is -0.905. The van der Waals surface area contributed by atoms with Crippen LogP contribution < -0.4 is 10.5 Å². The minimum Gasteiger partial charge on any atom is -0.494 e. The summed E-state index contributed by atoms with van der Waals surface area (Å²) in [6.07, 6.45) is 3.31. The number of carbonyl (C=O) groups is 1. The van der Waals surface area contributed by atoms with Crippen molar-refractivity contribution in [3.8, 4) is 5.75 Å². The fourth-order valence-electron chi connectivity index (χ4n) is 1.94. The molecule has 1 aromatic rings. The van der Waals surface area contributed by atoms with Gasteiger partial charge in [-0.25, -0.2) is 0 Å². The van der Waals surface area contributed by atoms with Crippen LogP contribution in [0.25, 0.3) is 0 Å². The Bertz CT molecular complexity index is 412. The number of rotatable bonds is 8. The lowest BCUT2D eigenvalue weighted by Gasteiger charge is -2.21. The van der Waals surface area contributed by atoms with Crippen molar-refractivity contribution in [3.05, 3.63) is 29.8 Å². The summed E-state index contributed by atoms with van der Waals surface area (Å²) in [6, 6.07) is 8.12. The zero-order valence-electron chi connectivity index (χ0n) is 12.6. The van der Waals surface area contributed by atoms with Crippen molar-refractivity contribution in [2.45, 2.75) is 45.1 Å². The topological polar surface area (TPSA) is 61.5 Å². The molecule has 1 aromatic carbocycles. The first-order valence-corrected chi connectivity index (χ1v) is 7.08. The Morgan fingerprint density at radius 1 is 1.25 bits per heavy atom. The zero-order chi connectivity index (χ0) is 15.0. The van der Waals surface area contributed by atoms with E-state index in [1.165, 1.54) is 12.7 Å². The highest BCUT2D eigenvalue weighted by Gasteiger charge is 2.28. The molecule has 0 aliphatic heterocycles. The Labute approximate surface area is 121 Å². The van der Waals surface area contributed by atoms with Gasteiger partial charge in [-0.3, -0.25) is 4.79 Å². The van der Waals surface area contributed by atoms with Gasteiger partial charge in [-0.05, 0) is 50.3 Å². The van der Waals surface area contributed by atoms with E-state index in [4.69, 9.17) is 10.5 Å². The summed E-state index contributed by atoms with van der Waals surface area (Å²) in [7, 11) is 1.36. The van der Waals surface area contributed by atoms with Gasteiger partial charge in [-0.2, -0.15) is 0 Å². The maximum atomic E-state index is 11.4. The molecule has 1 atom stereocenters. The number of hydrogen-bond donors (Lipinski definition) is 1. The molecule has 20 heavy (non-hydrogen) atoms. The van der Waals surface area contributed by atoms with Crippen molar-refractivity contribution in [2.24, 2.45) is 5.73 Å². The van der Waals surface area contributed by atoms with Gasteiger partial charge in [0.25, 0.3) is 0 Å². The number of carbonyl (C=O) groups excluding carboxylic acids is 1. The Morgan fingerprint density at radius 3 is 2.45 bits per heavy atom. The molecule has 0 radical (unpaired) electrons. The van der Waals surface area contributed by atoms with E-state index < -0.39 is 5.54 Å². The molecule has 0 bridgehead atoms. The highest BCUT2D eigenvalue weighted by Crippen LogP contribution is 2.15. The second-order valence-electron chi connectivity index (χ2n) is 5.21. The molecule has 0 aliphatic rings. The first-order valence-electron chi connectivity index (χ1n) is 7.08. The number of aryl methyl sites for hydroxylation is 1. The Hall–Kier alpha value is -1.55. The van der Waals surface area contributed by atoms with Gasteiger partial charge < -0.3 is 15.2 Å². The summed E-state index contributed by atoms with van der Waals surface area (Å²) in [5.74, 6) is 0.513. The summed E-state index contributed by atoms with van der Waals surface area (Å²) < 4.78 is 10.3. The fourth-order valence-corrected chi connectivity index (χ4v) is 1.94. The number of unbranched alkanes of at least 4 members (excludes halogenated alkanes) is 1. The first-order chi connectivity index (χ1) is 9.49. The van der Waals surface area contributed by atoms with E-state index in [-0.39, 0.29) is 5.97 Å². The average molecular weight is 279 g/mol. The molecular weight excluding hydrogens is 254 g/mol. The van der Waals surface area contributed by atoms with Gasteiger partial charge in [0.2, 0.25) is 0 Å². The maximum Gasteiger partial charge on any atom is 0.325 e. The van der Waals surface area contributed by atoms with Crippen LogP contribution in [0.4, 0.5) is 0 Å². The third-order valence-electron chi connectivity index (χ3n) is 3.34. The van der Waals surface area contributed by atoms with E-state index in [1.807, 2.05) is 12.1 Å². The van der Waals surface area contributed by atoms with Crippen molar-refractivity contribution in [2.75, 3.05) is 13.7 Å². The van der Waals surface area contributed by atoms with Crippen LogP contribution in [-0.4, -0.2) is 25.2 Å². The SMILES string of the molecule is CCc1ccc(OCCCCC(C)(N)C(=O)OC)cc1. The monoisotopic (exact) mass is 279 g/mol. The van der Waals surface area contributed by atoms with E-state index in [0.29, 0.717) is 13.0 Å². The molecule has 0 saturated carbocycles. The number of nitrogens with two attached hydrogens (primary N) is 1. The van der Waals surface area contributed by atoms with Crippen molar-refractivity contribution >= 4 is 5.97 Å². The Morgan fingerprint density at radius 2 is 1.90 bits per heavy atom. The molecule has 0 fully saturated rings. The summed E-state index contributed by atoms with van der Waals surface area (Å²) in [5.41, 5.74) is 6.28. The predicted octanol–water partition coefficient (Wildman–Crippen LogP) is 2.69. The van der Waals surface area contributed by atoms with Crippen LogP contribution >= 0.6 is 0 Å². The molecule has 4 heteroatoms. The van der Waals surface area contributed by atoms with Crippen molar-refractivity contribution < 1.29 is 14.3 Å². The van der Waals surface area contributed by atoms with Crippen LogP contribution in [0.5, 0.6) is 5.75 Å². The van der Waals surface area contributed by atoms with Gasteiger partial charge in [0.1, 0.15) is 11.3 Å². The molecule has 1 rings (SSSR count). The van der Waals surface area contributed by atoms with Gasteiger partial charge in [0.05, 0.1) is 13.7 Å². The van der Waals surface area contributed by atoms with Crippen LogP contribution in [-0.2, 0) is 16.0 Å². The number of hydrogen-bond acceptors (Lipinski definition) is 4. The van der Waals surface area contributed by atoms with E-state index in [1.54, 1.807) is 6.92 Å². The molecule has 2 N–H and O–H groups in total. The predicted molar refractivity (Wildman–Crippen MR) is 79.8 cm³/mol. The van der Waals surface area contributed by atoms with Gasteiger partial charge in [0.15, 0.2) is 0 Å². The normalized spacial score (nSPS) is 13.6. The highest BCUT2D eigenvalue weighted by atomic mass is 16.5. The van der Waals surface area contributed by atoms with E-state index in [2.05, 4.69) is 23.8 Å². The van der Waals surface area contributed by atoms with Gasteiger partial charge in [-0.15, -0.1) is 0 Å². The molecule has 0 saturated heterocycles. The molecule has 4 nitrogen and oxygen atoms in total. The number of esters is 1. The highest BCUT2D eigenvalue weighted by molar-refractivity contribution is 5.79. The number of benzene rings is 1. The van der Waals surface area contributed by atoms with Crippen LogP contribution in [0.1, 0.15) is 38.7 Å². The molecule has 0 amide bonds. The van der Waals surface area contributed by atoms with Crippen LogP contribution in [0.3, 0.4) is 0 Å². The summed E-state index contributed by atoms with van der Waals surface area (Å²) in [6.45, 7) is 4.45. The van der Waals surface area contributed by atoms with E-state index in [0.717, 1.165) is 25.0 Å². The molecule has 0 aliphatic carbocycles. The maximum absolute atomic E-state index is 11.4. The van der Waals surface area contributed by atoms with Crippen LogP contribution in [0.2, 0.25) is 0 Å². The standard InChI is InChI=1S/C16H25NO3/c1-4-13-7-9-14(10-8-13)20-12-6-5-11-16(2,17)15(18)19-3/h7-10H,4-6,11-12,17H2,1-3H3. The zero-order valence-corrected chi connectivity index (χ0v) is 12.6. The Balaban J connectivity index is 2.23. The quantitative estimate of drug-likeness (QED) is 0.587. The van der Waals surface area contributed by atoms with Gasteiger partial charge in [0, 0.05) is 0 Å². The smallest absolute Gasteiger partial charge is 0.325 e. The van der Waals surface area contributed by atoms with Crippen molar-refractivity contribution in [3.63, 3.8) is 0 Å². The lowest BCUT2D eigenvalue weighted by Crippen LogP contribution is -2.45. The van der Waals surface area contributed by atoms with Gasteiger partial charge >= 0.3 is 5.97 Å². The Kier molecular flexibility index (Phi) is 6.52. The second kappa shape index (κ2) is 7.90. The summed E-state index contributed by atoms with van der Waals surface area (Å²) in [4.78, 5) is 11.4. The molecule has 1 unspecified atom stereocenters. The molecule has 0 heterocycles. The lowest BCUT2D eigenvalue weighted by atomic mass is 9.96. The molecular formula is C16H25NO3. The molecule has 0 aromatic heterocycles. The number of methoxy groups -OCH3 is 1. The van der Waals surface area contributed by atoms with Gasteiger partial charge in [-0.1, -0.05) is 19.1 Å². The van der Waals surface area contributed by atoms with Crippen LogP contribution in [0.15, 0.2) is 24.3 Å². The molecule has 112 valence electrons. The first kappa shape index (κ1) is 16.5. The van der Waals surface area contributed by atoms with Crippen LogP contribution in [0, 0.1) is 0 Å². The average Bonchev–Trinajstić information content (AvgIpc) is 2.46. The number of ether oxygens (including phenoxy) is 2. The van der Waals surface area contributed by atoms with E-state index in [9.17, 15) is 4.79 Å². The largest absolute Gasteiger partial charge is 0.494 e. The summed E-state index contributed by atoms with van der Waals surface area (Å²) in [5, 5.41) is 0. The third-order valence-corrected chi connectivity index (χ3v) is 3.34. The summed E-state index contributed by atoms with van der Waals surface area (Å²) >= 11 is 0.